The second-order valence-electron chi connectivity index (χ2n) is 7.35. The summed E-state index contributed by atoms with van der Waals surface area (Å²) in [6.45, 7) is 2.49. The zero-order valence-electron chi connectivity index (χ0n) is 16.4. The third kappa shape index (κ3) is 3.57. The van der Waals surface area contributed by atoms with Crippen LogP contribution in [0.25, 0.3) is 0 Å². The van der Waals surface area contributed by atoms with E-state index in [0.717, 1.165) is 55.1 Å². The molecule has 1 amide bonds. The first kappa shape index (κ1) is 18.8. The topological polar surface area (TPSA) is 62.8 Å². The number of nitrogens with one attached hydrogen (secondary N) is 2. The van der Waals surface area contributed by atoms with Crippen molar-refractivity contribution in [2.45, 2.75) is 24.8 Å². The van der Waals surface area contributed by atoms with Crippen LogP contribution in [0.3, 0.4) is 0 Å². The maximum atomic E-state index is 13.3. The lowest BCUT2D eigenvalue weighted by atomic mass is 9.97. The molecule has 1 unspecified atom stereocenters. The molecule has 0 radical (unpaired) electrons. The highest BCUT2D eigenvalue weighted by molar-refractivity contribution is 5.95. The Hall–Kier alpha value is -2.57. The number of hydrazine groups is 1. The first-order valence-corrected chi connectivity index (χ1v) is 9.80. The number of hydrogen-bond donors (Lipinski definition) is 2. The van der Waals surface area contributed by atoms with Gasteiger partial charge in [-0.2, -0.15) is 0 Å². The zero-order valence-corrected chi connectivity index (χ0v) is 16.4. The van der Waals surface area contributed by atoms with Crippen LogP contribution < -0.4 is 20.3 Å². The Kier molecular flexibility index (Phi) is 5.50. The molecule has 2 saturated heterocycles. The van der Waals surface area contributed by atoms with Gasteiger partial charge >= 0.3 is 0 Å². The summed E-state index contributed by atoms with van der Waals surface area (Å²) in [7, 11) is 3.33. The molecule has 4 rings (SSSR count). The number of nitrogens with zero attached hydrogens (tertiary/aromatic N) is 1. The molecule has 2 aliphatic heterocycles. The minimum absolute atomic E-state index is 0.0610. The summed E-state index contributed by atoms with van der Waals surface area (Å²) in [6, 6.07) is 14.0. The SMILES string of the molecule is COc1ccc(C2CCCN2C(=O)c2ccc(C3CNNC3)c(OC)c2)cc1. The fraction of sp³-hybridized carbons (Fsp3) is 0.409. The first-order valence-electron chi connectivity index (χ1n) is 9.80. The standard InChI is InChI=1S/C22H27N3O3/c1-27-18-8-5-15(6-9-18)20-4-3-11-25(20)22(26)16-7-10-19(21(12-16)28-2)17-13-23-24-14-17/h5-10,12,17,20,23-24H,3-4,11,13-14H2,1-2H3. The van der Waals surface area contributed by atoms with Crippen LogP contribution in [0.1, 0.15) is 46.3 Å². The normalized spacial score (nSPS) is 19.8. The predicted molar refractivity (Wildman–Crippen MR) is 108 cm³/mol. The van der Waals surface area contributed by atoms with Crippen LogP contribution in [0.4, 0.5) is 0 Å². The number of hydrogen-bond acceptors (Lipinski definition) is 5. The van der Waals surface area contributed by atoms with Gasteiger partial charge < -0.3 is 14.4 Å². The lowest BCUT2D eigenvalue weighted by Gasteiger charge is -2.26. The Morgan fingerprint density at radius 1 is 1.04 bits per heavy atom. The van der Waals surface area contributed by atoms with Gasteiger partial charge in [0, 0.05) is 31.1 Å². The van der Waals surface area contributed by atoms with E-state index in [0.29, 0.717) is 11.5 Å². The van der Waals surface area contributed by atoms with Crippen molar-refractivity contribution in [1.82, 2.24) is 15.8 Å². The number of benzene rings is 2. The molecule has 0 aromatic heterocycles. The Labute approximate surface area is 165 Å². The van der Waals surface area contributed by atoms with E-state index < -0.39 is 0 Å². The van der Waals surface area contributed by atoms with Crippen LogP contribution in [-0.4, -0.2) is 44.7 Å². The van der Waals surface area contributed by atoms with Crippen molar-refractivity contribution in [3.05, 3.63) is 59.2 Å². The molecular formula is C22H27N3O3. The smallest absolute Gasteiger partial charge is 0.254 e. The fourth-order valence-electron chi connectivity index (χ4n) is 4.21. The molecule has 2 fully saturated rings. The van der Waals surface area contributed by atoms with Crippen LogP contribution in [-0.2, 0) is 0 Å². The number of ether oxygens (including phenoxy) is 2. The van der Waals surface area contributed by atoms with Gasteiger partial charge in [0.2, 0.25) is 0 Å². The summed E-state index contributed by atoms with van der Waals surface area (Å²) in [5.41, 5.74) is 9.25. The third-order valence-electron chi connectivity index (χ3n) is 5.76. The molecule has 2 N–H and O–H groups in total. The van der Waals surface area contributed by atoms with Gasteiger partial charge in [0.25, 0.3) is 5.91 Å². The van der Waals surface area contributed by atoms with Crippen LogP contribution in [0.15, 0.2) is 42.5 Å². The van der Waals surface area contributed by atoms with Gasteiger partial charge in [-0.3, -0.25) is 15.6 Å². The van der Waals surface area contributed by atoms with Gasteiger partial charge in [0.1, 0.15) is 11.5 Å². The van der Waals surface area contributed by atoms with Gasteiger partial charge in [0.15, 0.2) is 0 Å². The van der Waals surface area contributed by atoms with Gasteiger partial charge in [0.05, 0.1) is 20.3 Å². The summed E-state index contributed by atoms with van der Waals surface area (Å²) in [5, 5.41) is 0. The van der Waals surface area contributed by atoms with Crippen molar-refractivity contribution in [1.29, 1.82) is 0 Å². The molecule has 6 heteroatoms. The lowest BCUT2D eigenvalue weighted by molar-refractivity contribution is 0.0735. The molecule has 2 aromatic carbocycles. The first-order chi connectivity index (χ1) is 13.7. The number of methoxy groups -OCH3 is 2. The van der Waals surface area contributed by atoms with Crippen LogP contribution in [0.5, 0.6) is 11.5 Å². The Bertz CT molecular complexity index is 831. The number of rotatable bonds is 5. The Morgan fingerprint density at radius 3 is 2.46 bits per heavy atom. The van der Waals surface area contributed by atoms with Crippen molar-refractivity contribution < 1.29 is 14.3 Å². The van der Waals surface area contributed by atoms with Gasteiger partial charge in [-0.1, -0.05) is 18.2 Å². The minimum atomic E-state index is 0.0610. The fourth-order valence-corrected chi connectivity index (χ4v) is 4.21. The molecule has 2 aromatic rings. The van der Waals surface area contributed by atoms with E-state index in [-0.39, 0.29) is 11.9 Å². The number of likely N-dealkylation sites (tertiary alicyclic amines) is 1. The van der Waals surface area contributed by atoms with Crippen molar-refractivity contribution in [3.8, 4) is 11.5 Å². The molecule has 2 heterocycles. The van der Waals surface area contributed by atoms with E-state index in [1.165, 1.54) is 0 Å². The minimum Gasteiger partial charge on any atom is -0.497 e. The van der Waals surface area contributed by atoms with Crippen LogP contribution in [0, 0.1) is 0 Å². The third-order valence-corrected chi connectivity index (χ3v) is 5.76. The maximum Gasteiger partial charge on any atom is 0.254 e. The summed E-state index contributed by atoms with van der Waals surface area (Å²) >= 11 is 0. The molecule has 0 spiro atoms. The lowest BCUT2D eigenvalue weighted by Crippen LogP contribution is -2.30. The van der Waals surface area contributed by atoms with Gasteiger partial charge in [-0.15, -0.1) is 0 Å². The molecule has 1 atom stereocenters. The summed E-state index contributed by atoms with van der Waals surface area (Å²) in [6.07, 6.45) is 1.99. The van der Waals surface area contributed by atoms with Crippen molar-refractivity contribution in [2.75, 3.05) is 33.9 Å². The van der Waals surface area contributed by atoms with Gasteiger partial charge in [-0.25, -0.2) is 0 Å². The molecular weight excluding hydrogens is 354 g/mol. The van der Waals surface area contributed by atoms with E-state index in [9.17, 15) is 4.79 Å². The molecule has 2 aliphatic rings. The molecule has 148 valence electrons. The van der Waals surface area contributed by atoms with Gasteiger partial charge in [-0.05, 0) is 48.2 Å². The quantitative estimate of drug-likeness (QED) is 0.834. The monoisotopic (exact) mass is 381 g/mol. The highest BCUT2D eigenvalue weighted by Crippen LogP contribution is 2.35. The molecule has 0 saturated carbocycles. The van der Waals surface area contributed by atoms with E-state index in [1.54, 1.807) is 14.2 Å². The number of carbonyl (C=O) groups is 1. The number of carbonyl (C=O) groups excluding carboxylic acids is 1. The van der Waals surface area contributed by atoms with E-state index >= 15 is 0 Å². The zero-order chi connectivity index (χ0) is 19.5. The molecule has 0 aliphatic carbocycles. The average molecular weight is 381 g/mol. The second-order valence-corrected chi connectivity index (χ2v) is 7.35. The predicted octanol–water partition coefficient (Wildman–Crippen LogP) is 2.87. The highest BCUT2D eigenvalue weighted by atomic mass is 16.5. The van der Waals surface area contributed by atoms with E-state index in [1.807, 2.05) is 35.2 Å². The van der Waals surface area contributed by atoms with E-state index in [2.05, 4.69) is 23.0 Å². The average Bonchev–Trinajstić information content (AvgIpc) is 3.45. The number of amides is 1. The van der Waals surface area contributed by atoms with E-state index in [4.69, 9.17) is 9.47 Å². The largest absolute Gasteiger partial charge is 0.497 e. The highest BCUT2D eigenvalue weighted by Gasteiger charge is 2.31. The van der Waals surface area contributed by atoms with Crippen LogP contribution >= 0.6 is 0 Å². The van der Waals surface area contributed by atoms with Crippen molar-refractivity contribution >= 4 is 5.91 Å². The second kappa shape index (κ2) is 8.20. The summed E-state index contributed by atoms with van der Waals surface area (Å²) in [5.74, 6) is 2.01. The molecule has 0 bridgehead atoms. The Balaban J connectivity index is 1.57. The summed E-state index contributed by atoms with van der Waals surface area (Å²) < 4.78 is 10.9. The molecule has 28 heavy (non-hydrogen) atoms. The Morgan fingerprint density at radius 2 is 1.79 bits per heavy atom. The van der Waals surface area contributed by atoms with Crippen molar-refractivity contribution in [2.24, 2.45) is 0 Å². The van der Waals surface area contributed by atoms with Crippen molar-refractivity contribution in [3.63, 3.8) is 0 Å². The summed E-state index contributed by atoms with van der Waals surface area (Å²) in [4.78, 5) is 15.3. The maximum absolute atomic E-state index is 13.3. The molecule has 6 nitrogen and oxygen atoms in total. The van der Waals surface area contributed by atoms with Crippen LogP contribution in [0.2, 0.25) is 0 Å².